The molecule has 2 N–H and O–H groups in total. The summed E-state index contributed by atoms with van der Waals surface area (Å²) in [5, 5.41) is 8.19. The Morgan fingerprint density at radius 1 is 0.420 bits per heavy atom. The molecule has 6 aromatic carbocycles. The number of hydrogen-bond donors (Lipinski definition) is 2. The lowest BCUT2D eigenvalue weighted by atomic mass is 9.78. The van der Waals surface area contributed by atoms with Crippen molar-refractivity contribution in [1.29, 1.82) is 0 Å². The first-order chi connectivity index (χ1) is 24.4. The van der Waals surface area contributed by atoms with Crippen LogP contribution in [-0.4, -0.2) is 12.1 Å². The maximum atomic E-state index is 4.19. The molecule has 0 heterocycles. The van der Waals surface area contributed by atoms with Gasteiger partial charge in [-0.25, -0.2) is 0 Å². The third kappa shape index (κ3) is 7.71. The zero-order valence-electron chi connectivity index (χ0n) is 30.6. The summed E-state index contributed by atoms with van der Waals surface area (Å²) in [4.78, 5) is 0. The van der Waals surface area contributed by atoms with Gasteiger partial charge in [0.25, 0.3) is 0 Å². The summed E-state index contributed by atoms with van der Waals surface area (Å²) in [6.07, 6.45) is 2.01. The topological polar surface area (TPSA) is 24.1 Å². The highest BCUT2D eigenvalue weighted by molar-refractivity contribution is 5.69. The first-order valence-electron chi connectivity index (χ1n) is 18.4. The standard InChI is InChI=1S/C48H52N2/c1-7-37-29-33(3)30-38(8-2)47(37)49-35(5)36(6)50-48-43(45(39-21-13-9-14-22-39)40-23-15-10-16-24-40)31-34(4)32-44(48)46(41-25-17-11-18-26-41)42-27-19-12-20-28-42/h9-32,35-36,45-46,49-50H,7-8H2,1-6H3. The molecule has 0 amide bonds. The number of benzene rings is 6. The zero-order chi connectivity index (χ0) is 35.0. The van der Waals surface area contributed by atoms with Gasteiger partial charge in [0.15, 0.2) is 0 Å². The van der Waals surface area contributed by atoms with Gasteiger partial charge in [0, 0.05) is 35.3 Å². The van der Waals surface area contributed by atoms with Crippen LogP contribution in [0.25, 0.3) is 0 Å². The summed E-state index contributed by atoms with van der Waals surface area (Å²) in [6.45, 7) is 13.6. The molecule has 6 rings (SSSR count). The molecule has 2 heteroatoms. The monoisotopic (exact) mass is 656 g/mol. The van der Waals surface area contributed by atoms with Crippen molar-refractivity contribution in [3.63, 3.8) is 0 Å². The summed E-state index contributed by atoms with van der Waals surface area (Å²) < 4.78 is 0. The molecule has 2 nitrogen and oxygen atoms in total. The van der Waals surface area contributed by atoms with Crippen LogP contribution in [0.2, 0.25) is 0 Å². The molecular weight excluding hydrogens is 605 g/mol. The van der Waals surface area contributed by atoms with Gasteiger partial charge in [-0.1, -0.05) is 171 Å². The van der Waals surface area contributed by atoms with Crippen molar-refractivity contribution in [2.45, 2.75) is 78.3 Å². The van der Waals surface area contributed by atoms with Crippen molar-refractivity contribution in [2.75, 3.05) is 10.6 Å². The smallest absolute Gasteiger partial charge is 0.0432 e. The summed E-state index contributed by atoms with van der Waals surface area (Å²) >= 11 is 0. The van der Waals surface area contributed by atoms with E-state index in [1.165, 1.54) is 67.0 Å². The van der Waals surface area contributed by atoms with Gasteiger partial charge >= 0.3 is 0 Å². The SMILES string of the molecule is CCc1cc(C)cc(CC)c1NC(C)C(C)Nc1c(C(c2ccccc2)c2ccccc2)cc(C)cc1C(c1ccccc1)c1ccccc1. The van der Waals surface area contributed by atoms with E-state index < -0.39 is 0 Å². The van der Waals surface area contributed by atoms with Crippen molar-refractivity contribution in [3.8, 4) is 0 Å². The predicted molar refractivity (Wildman–Crippen MR) is 215 cm³/mol. The van der Waals surface area contributed by atoms with Gasteiger partial charge in [0.2, 0.25) is 0 Å². The number of aryl methyl sites for hydroxylation is 4. The second kappa shape index (κ2) is 16.1. The fourth-order valence-electron chi connectivity index (χ4n) is 7.54. The van der Waals surface area contributed by atoms with Gasteiger partial charge in [-0.15, -0.1) is 0 Å². The van der Waals surface area contributed by atoms with Crippen LogP contribution in [0.15, 0.2) is 146 Å². The molecule has 0 aliphatic carbocycles. The normalized spacial score (nSPS) is 12.6. The molecule has 0 radical (unpaired) electrons. The number of nitrogens with one attached hydrogen (secondary N) is 2. The van der Waals surface area contributed by atoms with Crippen LogP contribution < -0.4 is 10.6 Å². The minimum absolute atomic E-state index is 0.0525. The van der Waals surface area contributed by atoms with Gasteiger partial charge in [-0.05, 0) is 85.0 Å². The highest BCUT2D eigenvalue weighted by atomic mass is 15.0. The van der Waals surface area contributed by atoms with Gasteiger partial charge in [0.05, 0.1) is 0 Å². The minimum Gasteiger partial charge on any atom is -0.380 e. The molecule has 0 aliphatic rings. The fraction of sp³-hybridized carbons (Fsp3) is 0.250. The van der Waals surface area contributed by atoms with Crippen molar-refractivity contribution in [2.24, 2.45) is 0 Å². The van der Waals surface area contributed by atoms with E-state index in [4.69, 9.17) is 0 Å². The zero-order valence-corrected chi connectivity index (χ0v) is 30.6. The van der Waals surface area contributed by atoms with E-state index in [-0.39, 0.29) is 23.9 Å². The van der Waals surface area contributed by atoms with Crippen LogP contribution >= 0.6 is 0 Å². The lowest BCUT2D eigenvalue weighted by molar-refractivity contribution is 0.672. The van der Waals surface area contributed by atoms with Crippen LogP contribution in [-0.2, 0) is 12.8 Å². The fourth-order valence-corrected chi connectivity index (χ4v) is 7.54. The van der Waals surface area contributed by atoms with Crippen molar-refractivity contribution in [1.82, 2.24) is 0 Å². The van der Waals surface area contributed by atoms with Crippen molar-refractivity contribution in [3.05, 3.63) is 201 Å². The van der Waals surface area contributed by atoms with Crippen LogP contribution in [0.4, 0.5) is 11.4 Å². The average molecular weight is 657 g/mol. The molecular formula is C48H52N2. The Morgan fingerprint density at radius 2 is 0.720 bits per heavy atom. The van der Waals surface area contributed by atoms with E-state index in [1.54, 1.807) is 0 Å². The van der Waals surface area contributed by atoms with E-state index in [1.807, 2.05) is 0 Å². The lowest BCUT2D eigenvalue weighted by Gasteiger charge is -2.33. The van der Waals surface area contributed by atoms with Gasteiger partial charge in [-0.2, -0.15) is 0 Å². The summed E-state index contributed by atoms with van der Waals surface area (Å²) in [5.41, 5.74) is 15.6. The Kier molecular flexibility index (Phi) is 11.2. The molecule has 254 valence electrons. The number of rotatable bonds is 13. The summed E-state index contributed by atoms with van der Waals surface area (Å²) in [5.74, 6) is 0.105. The maximum absolute atomic E-state index is 4.19. The van der Waals surface area contributed by atoms with Crippen LogP contribution in [0.1, 0.15) is 95.2 Å². The van der Waals surface area contributed by atoms with E-state index >= 15 is 0 Å². The molecule has 2 atom stereocenters. The van der Waals surface area contributed by atoms with E-state index in [0.717, 1.165) is 12.8 Å². The largest absolute Gasteiger partial charge is 0.380 e. The van der Waals surface area contributed by atoms with Gasteiger partial charge in [-0.3, -0.25) is 0 Å². The third-order valence-electron chi connectivity index (χ3n) is 10.2. The molecule has 0 saturated heterocycles. The molecule has 0 bridgehead atoms. The summed E-state index contributed by atoms with van der Waals surface area (Å²) in [6, 6.07) is 53.8. The quantitative estimate of drug-likeness (QED) is 0.121. The highest BCUT2D eigenvalue weighted by Crippen LogP contribution is 2.44. The van der Waals surface area contributed by atoms with Crippen molar-refractivity contribution < 1.29 is 0 Å². The molecule has 0 aromatic heterocycles. The Bertz CT molecular complexity index is 1760. The minimum atomic E-state index is 0.0525. The molecule has 2 unspecified atom stereocenters. The Labute approximate surface area is 300 Å². The second-order valence-corrected chi connectivity index (χ2v) is 13.9. The maximum Gasteiger partial charge on any atom is 0.0432 e. The Hall–Kier alpha value is -5.08. The van der Waals surface area contributed by atoms with Crippen LogP contribution in [0, 0.1) is 13.8 Å². The Balaban J connectivity index is 1.55. The van der Waals surface area contributed by atoms with E-state index in [2.05, 4.69) is 198 Å². The molecule has 0 saturated carbocycles. The molecule has 50 heavy (non-hydrogen) atoms. The molecule has 0 spiro atoms. The Morgan fingerprint density at radius 3 is 1.04 bits per heavy atom. The molecule has 0 fully saturated rings. The van der Waals surface area contributed by atoms with Gasteiger partial charge in [0.1, 0.15) is 0 Å². The molecule has 6 aromatic rings. The van der Waals surface area contributed by atoms with E-state index in [9.17, 15) is 0 Å². The molecule has 0 aliphatic heterocycles. The van der Waals surface area contributed by atoms with Crippen LogP contribution in [0.3, 0.4) is 0 Å². The van der Waals surface area contributed by atoms with Crippen LogP contribution in [0.5, 0.6) is 0 Å². The number of hydrogen-bond acceptors (Lipinski definition) is 2. The highest BCUT2D eigenvalue weighted by Gasteiger charge is 2.29. The lowest BCUT2D eigenvalue weighted by Crippen LogP contribution is -2.36. The van der Waals surface area contributed by atoms with Crippen molar-refractivity contribution >= 4 is 11.4 Å². The number of anilines is 2. The first kappa shape index (κ1) is 34.8. The average Bonchev–Trinajstić information content (AvgIpc) is 3.15. The first-order valence-corrected chi connectivity index (χ1v) is 18.4. The van der Waals surface area contributed by atoms with E-state index in [0.29, 0.717) is 0 Å². The summed E-state index contributed by atoms with van der Waals surface area (Å²) in [7, 11) is 0. The van der Waals surface area contributed by atoms with Gasteiger partial charge < -0.3 is 10.6 Å². The predicted octanol–water partition coefficient (Wildman–Crippen LogP) is 12.1. The second-order valence-electron chi connectivity index (χ2n) is 13.9. The third-order valence-corrected chi connectivity index (χ3v) is 10.2.